The average molecular weight is 1600 g/mol. The minimum atomic E-state index is -1.70. The standard InChI is InChI=1S/C80H124N14O20/c1-9-48(6)67(76(108)93-69(50(8)97)78(110)88-57(40-47(4)5)72(104)90-60(80(113)114)42-52-44-83-54-32-27-26-31-53(52)54)91-70(102)55(36-37-63(81)98)85-75(107)62-33-28-38-94(62)66(101)35-25-20-18-16-14-12-10-11-13-15-17-19-24-34-65(100)84-61(45-95)74(106)92-68(49(7)96)77(109)87-56(39-46(2)3)71(103)86-58(43-64(82)99)73(105)89-59(79(111)112)41-51-29-22-21-23-30-51/h21-23,26-27,29-32,44,46-50,55-62,67-69,83,95-97H,9-20,24-25,28,33-43,45H2,1-8H3,(H2,81,98)(H2,82,99)(H,84,100)(H,85,107)(H,86,103)(H,87,109)(H,88,110)(H,89,105)(H,90,104)(H,91,102)(H,92,106)(H,93,108)(H,111,112)(H,113,114)/t48-,49?,50+,55-,56-,57-,58-,59-,60-,61-,62-,67-,68-,69-/m0/s1. The summed E-state index contributed by atoms with van der Waals surface area (Å²) in [5.41, 5.74) is 12.9. The Labute approximate surface area is 666 Å². The summed E-state index contributed by atoms with van der Waals surface area (Å²) in [5.74, 6) is -14.4. The third kappa shape index (κ3) is 33.9. The number of hydrogen-bond donors (Lipinski definition) is 18. The molecule has 34 heteroatoms. The van der Waals surface area contributed by atoms with Gasteiger partial charge in [0.15, 0.2) is 0 Å². The first-order valence-corrected chi connectivity index (χ1v) is 40.0. The van der Waals surface area contributed by atoms with Crippen molar-refractivity contribution >= 4 is 99.6 Å². The Morgan fingerprint density at radius 3 is 1.40 bits per heavy atom. The molecular formula is C80H124N14O20. The van der Waals surface area contributed by atoms with Crippen molar-refractivity contribution in [3.63, 3.8) is 0 Å². The molecule has 1 unspecified atom stereocenters. The molecule has 0 radical (unpaired) electrons. The lowest BCUT2D eigenvalue weighted by Gasteiger charge is -2.30. The molecule has 3 aromatic rings. The molecule has 634 valence electrons. The number of unbranched alkanes of at least 4 members (excludes halogenated alkanes) is 12. The number of aliphatic carboxylic acids is 2. The summed E-state index contributed by atoms with van der Waals surface area (Å²) in [6.07, 6.45) is 9.84. The number of rotatable bonds is 55. The number of nitrogens with two attached hydrogens (primary N) is 2. The van der Waals surface area contributed by atoms with Crippen molar-refractivity contribution in [1.82, 2.24) is 63.1 Å². The van der Waals surface area contributed by atoms with Crippen LogP contribution in [0.3, 0.4) is 0 Å². The van der Waals surface area contributed by atoms with E-state index in [-0.39, 0.29) is 69.1 Å². The second-order valence-corrected chi connectivity index (χ2v) is 30.7. The summed E-state index contributed by atoms with van der Waals surface area (Å²) >= 11 is 0. The summed E-state index contributed by atoms with van der Waals surface area (Å²) in [6, 6.07) is -0.0776. The summed E-state index contributed by atoms with van der Waals surface area (Å²) in [5, 5.41) is 77.3. The molecule has 0 spiro atoms. The number of carbonyl (C=O) groups excluding carboxylic acids is 13. The van der Waals surface area contributed by atoms with Crippen molar-refractivity contribution in [2.45, 2.75) is 295 Å². The largest absolute Gasteiger partial charge is 0.480 e. The highest BCUT2D eigenvalue weighted by atomic mass is 16.4. The number of aliphatic hydroxyl groups is 3. The second kappa shape index (κ2) is 50.2. The quantitative estimate of drug-likeness (QED) is 0.0359. The Kier molecular flexibility index (Phi) is 42.4. The molecule has 1 aliphatic heterocycles. The maximum atomic E-state index is 14.2. The Morgan fingerprint density at radius 2 is 0.912 bits per heavy atom. The number of benzene rings is 2. The number of H-pyrrole nitrogens is 1. The van der Waals surface area contributed by atoms with E-state index in [1.165, 1.54) is 18.7 Å². The lowest BCUT2D eigenvalue weighted by Crippen LogP contribution is -2.62. The van der Waals surface area contributed by atoms with Crippen LogP contribution in [0.5, 0.6) is 0 Å². The van der Waals surface area contributed by atoms with Gasteiger partial charge in [0.25, 0.3) is 0 Å². The van der Waals surface area contributed by atoms with Gasteiger partial charge in [-0.25, -0.2) is 9.59 Å². The van der Waals surface area contributed by atoms with Crippen LogP contribution in [0.4, 0.5) is 0 Å². The third-order valence-electron chi connectivity index (χ3n) is 20.1. The van der Waals surface area contributed by atoms with Crippen LogP contribution in [0, 0.1) is 17.8 Å². The Morgan fingerprint density at radius 1 is 0.474 bits per heavy atom. The van der Waals surface area contributed by atoms with Crippen LogP contribution in [0.1, 0.15) is 214 Å². The number of carboxylic acid groups (broad SMARTS) is 2. The molecule has 0 bridgehead atoms. The van der Waals surface area contributed by atoms with Gasteiger partial charge in [0.05, 0.1) is 25.2 Å². The lowest BCUT2D eigenvalue weighted by molar-refractivity contribution is -0.143. The topological polar surface area (TPSA) is 549 Å². The Bertz CT molecular complexity index is 3670. The van der Waals surface area contributed by atoms with Crippen molar-refractivity contribution in [2.24, 2.45) is 29.2 Å². The molecule has 2 aromatic carbocycles. The molecule has 0 saturated carbocycles. The number of amides is 13. The Hall–Kier alpha value is -10.1. The lowest BCUT2D eigenvalue weighted by atomic mass is 9.96. The van der Waals surface area contributed by atoms with E-state index in [9.17, 15) is 97.5 Å². The van der Waals surface area contributed by atoms with Crippen LogP contribution in [-0.4, -0.2) is 216 Å². The minimum Gasteiger partial charge on any atom is -0.480 e. The number of aromatic nitrogens is 1. The zero-order chi connectivity index (χ0) is 84.7. The second-order valence-electron chi connectivity index (χ2n) is 30.7. The van der Waals surface area contributed by atoms with E-state index >= 15 is 0 Å². The maximum absolute atomic E-state index is 14.2. The fourth-order valence-corrected chi connectivity index (χ4v) is 13.5. The van der Waals surface area contributed by atoms with Crippen LogP contribution in [0.25, 0.3) is 10.9 Å². The predicted octanol–water partition coefficient (Wildman–Crippen LogP) is 1.85. The average Bonchev–Trinajstić information content (AvgIpc) is 1.58. The summed E-state index contributed by atoms with van der Waals surface area (Å²) in [7, 11) is 0. The van der Waals surface area contributed by atoms with Crippen LogP contribution in [0.15, 0.2) is 60.8 Å². The Balaban J connectivity index is 1.16. The maximum Gasteiger partial charge on any atom is 0.326 e. The van der Waals surface area contributed by atoms with E-state index in [4.69, 9.17) is 11.5 Å². The highest BCUT2D eigenvalue weighted by molar-refractivity contribution is 6.00. The molecular weight excluding hydrogens is 1480 g/mol. The number of nitrogens with zero attached hydrogens (tertiary/aromatic N) is 1. The van der Waals surface area contributed by atoms with Crippen molar-refractivity contribution in [2.75, 3.05) is 13.2 Å². The highest BCUT2D eigenvalue weighted by Crippen LogP contribution is 2.24. The number of likely N-dealkylation sites (tertiary alicyclic amines) is 1. The molecule has 1 aromatic heterocycles. The van der Waals surface area contributed by atoms with Crippen LogP contribution < -0.4 is 64.6 Å². The molecule has 1 saturated heterocycles. The van der Waals surface area contributed by atoms with Gasteiger partial charge in [0.2, 0.25) is 76.8 Å². The normalized spacial score (nSPS) is 16.1. The van der Waals surface area contributed by atoms with Gasteiger partial charge in [-0.15, -0.1) is 0 Å². The van der Waals surface area contributed by atoms with E-state index in [1.807, 2.05) is 18.2 Å². The minimum absolute atomic E-state index is 0.0343. The van der Waals surface area contributed by atoms with Gasteiger partial charge < -0.3 is 100 Å². The number of primary amides is 2. The van der Waals surface area contributed by atoms with E-state index in [2.05, 4.69) is 58.2 Å². The van der Waals surface area contributed by atoms with Crippen LogP contribution in [-0.2, 0) is 84.8 Å². The van der Waals surface area contributed by atoms with Gasteiger partial charge in [-0.2, -0.15) is 0 Å². The molecule has 20 N–H and O–H groups in total. The van der Waals surface area contributed by atoms with E-state index in [0.29, 0.717) is 49.8 Å². The van der Waals surface area contributed by atoms with Gasteiger partial charge in [-0.1, -0.05) is 167 Å². The van der Waals surface area contributed by atoms with Gasteiger partial charge in [-0.05, 0) is 93.7 Å². The smallest absolute Gasteiger partial charge is 0.326 e. The van der Waals surface area contributed by atoms with Gasteiger partial charge in [0.1, 0.15) is 66.5 Å². The molecule has 1 aliphatic rings. The van der Waals surface area contributed by atoms with Gasteiger partial charge >= 0.3 is 11.9 Å². The molecule has 34 nitrogen and oxygen atoms in total. The number of carbonyl (C=O) groups is 15. The summed E-state index contributed by atoms with van der Waals surface area (Å²) < 4.78 is 0. The zero-order valence-electron chi connectivity index (χ0n) is 67.1. The van der Waals surface area contributed by atoms with Gasteiger partial charge in [-0.3, -0.25) is 62.3 Å². The number of hydrogen-bond acceptors (Lipinski definition) is 18. The van der Waals surface area contributed by atoms with E-state index in [0.717, 1.165) is 81.5 Å². The fraction of sp³-hybridized carbons (Fsp3) is 0.637. The molecule has 0 aliphatic carbocycles. The molecule has 13 amide bonds. The number of nitrogens with one attached hydrogen (secondary N) is 11. The first-order valence-electron chi connectivity index (χ1n) is 40.0. The van der Waals surface area contributed by atoms with Crippen molar-refractivity contribution in [1.29, 1.82) is 0 Å². The third-order valence-corrected chi connectivity index (χ3v) is 20.1. The van der Waals surface area contributed by atoms with Crippen molar-refractivity contribution in [3.05, 3.63) is 71.9 Å². The number of aliphatic hydroxyl groups excluding tert-OH is 3. The van der Waals surface area contributed by atoms with Crippen molar-refractivity contribution < 1.29 is 97.5 Å². The first kappa shape index (κ1) is 96.3. The highest BCUT2D eigenvalue weighted by Gasteiger charge is 2.41. The predicted molar refractivity (Wildman–Crippen MR) is 422 cm³/mol. The molecule has 14 atom stereocenters. The molecule has 4 rings (SSSR count). The van der Waals surface area contributed by atoms with Crippen LogP contribution in [0.2, 0.25) is 0 Å². The zero-order valence-corrected chi connectivity index (χ0v) is 67.1. The number of fused-ring (bicyclic) bond motifs is 1. The monoisotopic (exact) mass is 1600 g/mol. The number of carboxylic acids is 2. The van der Waals surface area contributed by atoms with Gasteiger partial charge in [0, 0.05) is 55.7 Å². The number of aromatic amines is 1. The van der Waals surface area contributed by atoms with Crippen molar-refractivity contribution in [3.8, 4) is 0 Å². The summed E-state index contributed by atoms with van der Waals surface area (Å²) in [4.78, 5) is 204. The molecule has 2 heterocycles. The van der Waals surface area contributed by atoms with E-state index in [1.54, 1.807) is 84.1 Å². The van der Waals surface area contributed by atoms with E-state index < -0.39 is 180 Å². The fourth-order valence-electron chi connectivity index (χ4n) is 13.5. The molecule has 1 fully saturated rings. The number of para-hydroxylation sites is 1. The molecule has 114 heavy (non-hydrogen) atoms. The summed E-state index contributed by atoms with van der Waals surface area (Å²) in [6.45, 7) is 12.3. The SMILES string of the molecule is CC[C@H](C)[C@H](NC(=O)[C@H](CCC(N)=O)NC(=O)[C@@H]1CCCN1C(=O)CCCCCCCCCCCCCCCC(=O)N[C@@H](CO)C(=O)N[C@H](C(=O)N[C@@H](CC(C)C)C(=O)N[C@@H](CC(N)=O)C(=O)N[C@@H](Cc1ccccc1)C(=O)O)C(C)O)C(=O)N[C@H](C(=O)N[C@@H](CC(C)C)C(=O)N[C@@H](Cc1c[nH]c2ccccc12)C(=O)O)[C@@H](C)O. The van der Waals surface area contributed by atoms with Crippen LogP contribution >= 0.6 is 0 Å². The first-order chi connectivity index (χ1) is 54.0.